The van der Waals surface area contributed by atoms with Crippen LogP contribution in [-0.2, 0) is 13.1 Å². The summed E-state index contributed by atoms with van der Waals surface area (Å²) in [5.41, 5.74) is 5.71. The maximum absolute atomic E-state index is 5.71. The first-order valence-electron chi connectivity index (χ1n) is 5.72. The Labute approximate surface area is 99.7 Å². The molecule has 0 aliphatic heterocycles. The average Bonchev–Trinajstić information content (AvgIpc) is 2.90. The van der Waals surface area contributed by atoms with E-state index in [-0.39, 0.29) is 6.04 Å². The molecule has 1 unspecified atom stereocenters. The van der Waals surface area contributed by atoms with Crippen LogP contribution < -0.4 is 5.73 Å². The minimum Gasteiger partial charge on any atom is -0.321 e. The Kier molecular flexibility index (Phi) is 3.48. The van der Waals surface area contributed by atoms with Gasteiger partial charge in [-0.2, -0.15) is 10.2 Å². The fraction of sp³-hybridized carbons (Fsp3) is 0.600. The highest BCUT2D eigenvalue weighted by molar-refractivity contribution is 4.91. The maximum atomic E-state index is 5.71. The molecule has 2 aromatic heterocycles. The lowest BCUT2D eigenvalue weighted by Gasteiger charge is -2.03. The van der Waals surface area contributed by atoms with Gasteiger partial charge in [-0.05, 0) is 13.3 Å². The van der Waals surface area contributed by atoms with E-state index in [0.717, 1.165) is 18.8 Å². The third kappa shape index (κ3) is 2.68. The Bertz CT molecular complexity index is 470. The number of nitrogens with two attached hydrogens (primary N) is 1. The molecule has 7 heteroatoms. The molecule has 0 amide bonds. The Morgan fingerprint density at radius 2 is 2.24 bits per heavy atom. The van der Waals surface area contributed by atoms with Crippen LogP contribution in [0.4, 0.5) is 0 Å². The summed E-state index contributed by atoms with van der Waals surface area (Å²) in [6.45, 7) is 5.40. The summed E-state index contributed by atoms with van der Waals surface area (Å²) < 4.78 is 3.61. The molecule has 0 aliphatic carbocycles. The van der Waals surface area contributed by atoms with Crippen molar-refractivity contribution in [1.82, 2.24) is 29.5 Å². The zero-order chi connectivity index (χ0) is 12.3. The van der Waals surface area contributed by atoms with Crippen molar-refractivity contribution >= 4 is 0 Å². The summed E-state index contributed by atoms with van der Waals surface area (Å²) in [6.07, 6.45) is 4.26. The quantitative estimate of drug-likeness (QED) is 0.807. The first-order valence-corrected chi connectivity index (χ1v) is 5.72. The number of rotatable bonds is 5. The van der Waals surface area contributed by atoms with Crippen LogP contribution >= 0.6 is 0 Å². The van der Waals surface area contributed by atoms with Gasteiger partial charge in [-0.15, -0.1) is 0 Å². The molecule has 1 atom stereocenters. The minimum atomic E-state index is -0.148. The van der Waals surface area contributed by atoms with Crippen molar-refractivity contribution in [3.05, 3.63) is 24.3 Å². The summed E-state index contributed by atoms with van der Waals surface area (Å²) in [5, 5.41) is 8.45. The smallest absolute Gasteiger partial charge is 0.166 e. The number of hydrogen-bond donors (Lipinski definition) is 1. The predicted molar refractivity (Wildman–Crippen MR) is 62.0 cm³/mol. The van der Waals surface area contributed by atoms with Crippen LogP contribution in [0.15, 0.2) is 12.7 Å². The van der Waals surface area contributed by atoms with Crippen LogP contribution in [-0.4, -0.2) is 29.5 Å². The fourth-order valence-corrected chi connectivity index (χ4v) is 1.55. The van der Waals surface area contributed by atoms with Gasteiger partial charge in [-0.1, -0.05) is 6.92 Å². The van der Waals surface area contributed by atoms with Crippen molar-refractivity contribution < 1.29 is 0 Å². The molecule has 0 aromatic carbocycles. The van der Waals surface area contributed by atoms with Crippen molar-refractivity contribution in [2.45, 2.75) is 39.4 Å². The SMILES string of the molecule is CCCn1ncnc1Cn1cnc(C(C)N)n1. The maximum Gasteiger partial charge on any atom is 0.166 e. The van der Waals surface area contributed by atoms with Crippen LogP contribution in [0.2, 0.25) is 0 Å². The molecule has 0 radical (unpaired) electrons. The molecule has 7 nitrogen and oxygen atoms in total. The molecule has 2 rings (SSSR count). The summed E-state index contributed by atoms with van der Waals surface area (Å²) in [5.74, 6) is 1.53. The van der Waals surface area contributed by atoms with Gasteiger partial charge in [-0.25, -0.2) is 19.3 Å². The third-order valence-electron chi connectivity index (χ3n) is 2.40. The monoisotopic (exact) mass is 235 g/mol. The van der Waals surface area contributed by atoms with Gasteiger partial charge in [0.25, 0.3) is 0 Å². The standard InChI is InChI=1S/C10H17N7/c1-3-4-17-9(12-6-14-17)5-16-7-13-10(15-16)8(2)11/h6-8H,3-5,11H2,1-2H3. The van der Waals surface area contributed by atoms with Gasteiger partial charge in [0.1, 0.15) is 25.0 Å². The molecular formula is C10H17N7. The fourth-order valence-electron chi connectivity index (χ4n) is 1.55. The average molecular weight is 235 g/mol. The summed E-state index contributed by atoms with van der Waals surface area (Å²) >= 11 is 0. The third-order valence-corrected chi connectivity index (χ3v) is 2.40. The lowest BCUT2D eigenvalue weighted by molar-refractivity contribution is 0.535. The summed E-state index contributed by atoms with van der Waals surface area (Å²) in [4.78, 5) is 8.36. The van der Waals surface area contributed by atoms with E-state index in [1.165, 1.54) is 0 Å². The largest absolute Gasteiger partial charge is 0.321 e. The highest BCUT2D eigenvalue weighted by atomic mass is 15.4. The van der Waals surface area contributed by atoms with Gasteiger partial charge < -0.3 is 5.73 Å². The molecule has 0 saturated carbocycles. The second kappa shape index (κ2) is 5.05. The summed E-state index contributed by atoms with van der Waals surface area (Å²) in [7, 11) is 0. The molecule has 0 spiro atoms. The highest BCUT2D eigenvalue weighted by Gasteiger charge is 2.08. The Morgan fingerprint density at radius 3 is 2.88 bits per heavy atom. The normalized spacial score (nSPS) is 12.9. The second-order valence-electron chi connectivity index (χ2n) is 3.99. The van der Waals surface area contributed by atoms with Crippen molar-refractivity contribution in [2.24, 2.45) is 5.73 Å². The van der Waals surface area contributed by atoms with Crippen LogP contribution in [0.3, 0.4) is 0 Å². The van der Waals surface area contributed by atoms with Gasteiger partial charge in [0, 0.05) is 6.54 Å². The van der Waals surface area contributed by atoms with E-state index in [9.17, 15) is 0 Å². The van der Waals surface area contributed by atoms with E-state index in [2.05, 4.69) is 27.1 Å². The topological polar surface area (TPSA) is 87.4 Å². The Morgan fingerprint density at radius 1 is 1.41 bits per heavy atom. The lowest BCUT2D eigenvalue weighted by Crippen LogP contribution is -2.12. The van der Waals surface area contributed by atoms with Gasteiger partial charge in [0.2, 0.25) is 0 Å². The zero-order valence-corrected chi connectivity index (χ0v) is 10.1. The molecule has 92 valence electrons. The molecular weight excluding hydrogens is 218 g/mol. The Hall–Kier alpha value is -1.76. The van der Waals surface area contributed by atoms with Crippen molar-refractivity contribution in [3.8, 4) is 0 Å². The molecule has 0 fully saturated rings. The lowest BCUT2D eigenvalue weighted by atomic mass is 10.4. The van der Waals surface area contributed by atoms with Gasteiger partial charge >= 0.3 is 0 Å². The highest BCUT2D eigenvalue weighted by Crippen LogP contribution is 2.03. The number of aromatic nitrogens is 6. The molecule has 2 aromatic rings. The van der Waals surface area contributed by atoms with Crippen LogP contribution in [0.1, 0.15) is 38.0 Å². The molecule has 2 N–H and O–H groups in total. The summed E-state index contributed by atoms with van der Waals surface area (Å²) in [6, 6.07) is -0.148. The minimum absolute atomic E-state index is 0.148. The number of nitrogens with zero attached hydrogens (tertiary/aromatic N) is 6. The van der Waals surface area contributed by atoms with Crippen molar-refractivity contribution in [3.63, 3.8) is 0 Å². The van der Waals surface area contributed by atoms with E-state index in [0.29, 0.717) is 12.4 Å². The van der Waals surface area contributed by atoms with Gasteiger partial charge in [-0.3, -0.25) is 0 Å². The first kappa shape index (κ1) is 11.7. The van der Waals surface area contributed by atoms with E-state index in [4.69, 9.17) is 5.73 Å². The van der Waals surface area contributed by atoms with Crippen LogP contribution in [0, 0.1) is 0 Å². The Balaban J connectivity index is 2.11. The van der Waals surface area contributed by atoms with Gasteiger partial charge in [0.05, 0.1) is 6.04 Å². The van der Waals surface area contributed by atoms with Crippen LogP contribution in [0.5, 0.6) is 0 Å². The van der Waals surface area contributed by atoms with E-state index in [1.54, 1.807) is 17.3 Å². The van der Waals surface area contributed by atoms with Crippen LogP contribution in [0.25, 0.3) is 0 Å². The first-order chi connectivity index (χ1) is 8.20. The molecule has 0 aliphatic rings. The van der Waals surface area contributed by atoms with Gasteiger partial charge in [0.15, 0.2) is 5.82 Å². The second-order valence-corrected chi connectivity index (χ2v) is 3.99. The number of aryl methyl sites for hydroxylation is 1. The van der Waals surface area contributed by atoms with E-state index in [1.807, 2.05) is 11.6 Å². The molecule has 17 heavy (non-hydrogen) atoms. The number of hydrogen-bond acceptors (Lipinski definition) is 5. The molecule has 2 heterocycles. The van der Waals surface area contributed by atoms with Crippen molar-refractivity contribution in [2.75, 3.05) is 0 Å². The van der Waals surface area contributed by atoms with E-state index >= 15 is 0 Å². The molecule has 0 saturated heterocycles. The van der Waals surface area contributed by atoms with E-state index < -0.39 is 0 Å². The zero-order valence-electron chi connectivity index (χ0n) is 10.1. The predicted octanol–water partition coefficient (Wildman–Crippen LogP) is 0.348. The molecule has 0 bridgehead atoms. The van der Waals surface area contributed by atoms with Crippen molar-refractivity contribution in [1.29, 1.82) is 0 Å².